The Kier molecular flexibility index (Phi) is 5.21. The van der Waals surface area contributed by atoms with Crippen LogP contribution in [-0.2, 0) is 21.3 Å². The number of sulfonamides is 1. The number of ether oxygens (including phenoxy) is 2. The lowest BCUT2D eigenvalue weighted by Gasteiger charge is -2.31. The first kappa shape index (κ1) is 16.2. The number of rotatable bonds is 5. The normalized spacial score (nSPS) is 20.4. The Morgan fingerprint density at radius 1 is 1.38 bits per heavy atom. The van der Waals surface area contributed by atoms with Gasteiger partial charge in [0.15, 0.2) is 0 Å². The number of methoxy groups -OCH3 is 2. The van der Waals surface area contributed by atoms with Crippen LogP contribution in [0.25, 0.3) is 0 Å². The van der Waals surface area contributed by atoms with Crippen LogP contribution in [0.4, 0.5) is 0 Å². The van der Waals surface area contributed by atoms with E-state index in [1.165, 1.54) is 11.4 Å². The smallest absolute Gasteiger partial charge is 0.246 e. The molecule has 2 N–H and O–H groups in total. The van der Waals surface area contributed by atoms with Gasteiger partial charge in [0, 0.05) is 26.7 Å². The minimum atomic E-state index is -3.59. The predicted molar refractivity (Wildman–Crippen MR) is 79.7 cm³/mol. The molecule has 0 amide bonds. The molecule has 1 aromatic carbocycles. The Hall–Kier alpha value is -1.15. The summed E-state index contributed by atoms with van der Waals surface area (Å²) in [6.45, 7) is 1.22. The van der Waals surface area contributed by atoms with E-state index in [0.29, 0.717) is 25.4 Å². The molecule has 1 saturated heterocycles. The summed E-state index contributed by atoms with van der Waals surface area (Å²) in [5.74, 6) is 0.331. The van der Waals surface area contributed by atoms with Crippen LogP contribution in [-0.4, -0.2) is 46.1 Å². The van der Waals surface area contributed by atoms with Gasteiger partial charge in [-0.1, -0.05) is 6.07 Å². The highest BCUT2D eigenvalue weighted by molar-refractivity contribution is 7.89. The summed E-state index contributed by atoms with van der Waals surface area (Å²) in [5, 5.41) is 0. The molecule has 118 valence electrons. The molecule has 1 aliphatic heterocycles. The van der Waals surface area contributed by atoms with Crippen molar-refractivity contribution in [3.63, 3.8) is 0 Å². The average molecular weight is 314 g/mol. The van der Waals surface area contributed by atoms with Gasteiger partial charge in [0.1, 0.15) is 10.6 Å². The van der Waals surface area contributed by atoms with Gasteiger partial charge in [-0.25, -0.2) is 8.42 Å². The molecule has 0 aromatic heterocycles. The highest BCUT2D eigenvalue weighted by Crippen LogP contribution is 2.29. The second-order valence-electron chi connectivity index (χ2n) is 5.05. The van der Waals surface area contributed by atoms with E-state index in [1.54, 1.807) is 25.3 Å². The topological polar surface area (TPSA) is 81.9 Å². The van der Waals surface area contributed by atoms with Gasteiger partial charge in [-0.15, -0.1) is 0 Å². The Bertz CT molecular complexity index is 589. The fraction of sp³-hybridized carbons (Fsp3) is 0.571. The molecule has 0 saturated carbocycles. The maximum atomic E-state index is 12.8. The zero-order chi connectivity index (χ0) is 15.5. The SMILES string of the molecule is COc1cc(CN)ccc1S(=O)(=O)N1CCCC(OC)C1. The summed E-state index contributed by atoms with van der Waals surface area (Å²) in [5.41, 5.74) is 6.41. The Balaban J connectivity index is 2.35. The lowest BCUT2D eigenvalue weighted by atomic mass is 10.1. The molecule has 1 aliphatic rings. The monoisotopic (exact) mass is 314 g/mol. The predicted octanol–water partition coefficient (Wildman–Crippen LogP) is 0.953. The van der Waals surface area contributed by atoms with E-state index in [1.807, 2.05) is 0 Å². The third kappa shape index (κ3) is 3.37. The van der Waals surface area contributed by atoms with Crippen LogP contribution in [0.15, 0.2) is 23.1 Å². The minimum Gasteiger partial charge on any atom is -0.495 e. The fourth-order valence-electron chi connectivity index (χ4n) is 2.51. The van der Waals surface area contributed by atoms with Crippen molar-refractivity contribution in [2.24, 2.45) is 5.73 Å². The summed E-state index contributed by atoms with van der Waals surface area (Å²) in [6.07, 6.45) is 1.62. The van der Waals surface area contributed by atoms with Gasteiger partial charge in [0.05, 0.1) is 13.2 Å². The molecule has 1 heterocycles. The standard InChI is InChI=1S/C14H22N2O4S/c1-19-12-4-3-7-16(10-12)21(17,18)14-6-5-11(9-15)8-13(14)20-2/h5-6,8,12H,3-4,7,9-10,15H2,1-2H3. The molecule has 1 fully saturated rings. The van der Waals surface area contributed by atoms with Crippen LogP contribution in [0.1, 0.15) is 18.4 Å². The van der Waals surface area contributed by atoms with Crippen LogP contribution < -0.4 is 10.5 Å². The van der Waals surface area contributed by atoms with E-state index in [9.17, 15) is 8.42 Å². The zero-order valence-corrected chi connectivity index (χ0v) is 13.2. The van der Waals surface area contributed by atoms with E-state index in [2.05, 4.69) is 0 Å². The number of nitrogens with two attached hydrogens (primary N) is 1. The molecule has 1 aromatic rings. The van der Waals surface area contributed by atoms with E-state index >= 15 is 0 Å². The van der Waals surface area contributed by atoms with Gasteiger partial charge in [-0.2, -0.15) is 4.31 Å². The van der Waals surface area contributed by atoms with Crippen molar-refractivity contribution in [1.82, 2.24) is 4.31 Å². The number of piperidine rings is 1. The quantitative estimate of drug-likeness (QED) is 0.875. The van der Waals surface area contributed by atoms with Crippen molar-refractivity contribution in [2.75, 3.05) is 27.3 Å². The second-order valence-corrected chi connectivity index (χ2v) is 6.96. The van der Waals surface area contributed by atoms with E-state index in [0.717, 1.165) is 18.4 Å². The Morgan fingerprint density at radius 2 is 2.14 bits per heavy atom. The van der Waals surface area contributed by atoms with E-state index < -0.39 is 10.0 Å². The van der Waals surface area contributed by atoms with Crippen molar-refractivity contribution >= 4 is 10.0 Å². The molecule has 0 bridgehead atoms. The highest BCUT2D eigenvalue weighted by Gasteiger charge is 2.32. The second kappa shape index (κ2) is 6.74. The van der Waals surface area contributed by atoms with Crippen LogP contribution >= 0.6 is 0 Å². The Labute approximate surface area is 125 Å². The molecule has 6 nitrogen and oxygen atoms in total. The summed E-state index contributed by atoms with van der Waals surface area (Å²) in [6, 6.07) is 4.95. The molecule has 2 rings (SSSR count). The van der Waals surface area contributed by atoms with Gasteiger partial charge < -0.3 is 15.2 Å². The lowest BCUT2D eigenvalue weighted by molar-refractivity contribution is 0.0571. The van der Waals surface area contributed by atoms with Crippen molar-refractivity contribution in [2.45, 2.75) is 30.4 Å². The molecule has 1 unspecified atom stereocenters. The maximum Gasteiger partial charge on any atom is 0.246 e. The molecular formula is C14H22N2O4S. The first-order chi connectivity index (χ1) is 10.0. The number of hydrogen-bond acceptors (Lipinski definition) is 5. The van der Waals surface area contributed by atoms with Gasteiger partial charge >= 0.3 is 0 Å². The van der Waals surface area contributed by atoms with Gasteiger partial charge in [-0.3, -0.25) is 0 Å². The van der Waals surface area contributed by atoms with Crippen molar-refractivity contribution in [3.05, 3.63) is 23.8 Å². The molecular weight excluding hydrogens is 292 g/mol. The van der Waals surface area contributed by atoms with Gasteiger partial charge in [0.25, 0.3) is 0 Å². The largest absolute Gasteiger partial charge is 0.495 e. The molecule has 0 radical (unpaired) electrons. The summed E-state index contributed by atoms with van der Waals surface area (Å²) < 4.78 is 37.6. The van der Waals surface area contributed by atoms with Crippen molar-refractivity contribution in [1.29, 1.82) is 0 Å². The number of nitrogens with zero attached hydrogens (tertiary/aromatic N) is 1. The average Bonchev–Trinajstić information content (AvgIpc) is 2.54. The minimum absolute atomic E-state index is 0.0529. The maximum absolute atomic E-state index is 12.8. The number of hydrogen-bond donors (Lipinski definition) is 1. The Morgan fingerprint density at radius 3 is 2.76 bits per heavy atom. The number of benzene rings is 1. The summed E-state index contributed by atoms with van der Waals surface area (Å²) >= 11 is 0. The fourth-order valence-corrected chi connectivity index (χ4v) is 4.15. The summed E-state index contributed by atoms with van der Waals surface area (Å²) in [7, 11) is -0.516. The van der Waals surface area contributed by atoms with Crippen molar-refractivity contribution < 1.29 is 17.9 Å². The van der Waals surface area contributed by atoms with Gasteiger partial charge in [-0.05, 0) is 30.5 Å². The molecule has 21 heavy (non-hydrogen) atoms. The molecule has 1 atom stereocenters. The highest BCUT2D eigenvalue weighted by atomic mass is 32.2. The first-order valence-corrected chi connectivity index (χ1v) is 8.37. The third-order valence-corrected chi connectivity index (χ3v) is 5.66. The van der Waals surface area contributed by atoms with E-state index in [4.69, 9.17) is 15.2 Å². The third-order valence-electron chi connectivity index (χ3n) is 3.76. The lowest BCUT2D eigenvalue weighted by Crippen LogP contribution is -2.42. The first-order valence-electron chi connectivity index (χ1n) is 6.93. The molecule has 0 spiro atoms. The van der Waals surface area contributed by atoms with E-state index in [-0.39, 0.29) is 11.0 Å². The molecule has 7 heteroatoms. The van der Waals surface area contributed by atoms with Crippen LogP contribution in [0.5, 0.6) is 5.75 Å². The van der Waals surface area contributed by atoms with Crippen LogP contribution in [0, 0.1) is 0 Å². The van der Waals surface area contributed by atoms with Crippen LogP contribution in [0.3, 0.4) is 0 Å². The zero-order valence-electron chi connectivity index (χ0n) is 12.4. The molecule has 0 aliphatic carbocycles. The van der Waals surface area contributed by atoms with Crippen molar-refractivity contribution in [3.8, 4) is 5.75 Å². The van der Waals surface area contributed by atoms with Crippen LogP contribution in [0.2, 0.25) is 0 Å². The summed E-state index contributed by atoms with van der Waals surface area (Å²) in [4.78, 5) is 0.180. The van der Waals surface area contributed by atoms with Gasteiger partial charge in [0.2, 0.25) is 10.0 Å².